The zero-order valence-corrected chi connectivity index (χ0v) is 40.3. The lowest BCUT2D eigenvalue weighted by atomic mass is 9.48. The molecule has 372 valence electrons. The van der Waals surface area contributed by atoms with Gasteiger partial charge in [0.05, 0.1) is 18.1 Å². The van der Waals surface area contributed by atoms with Gasteiger partial charge in [0.15, 0.2) is 24.1 Å². The fourth-order valence-electron chi connectivity index (χ4n) is 11.1. The molecule has 4 fully saturated rings. The van der Waals surface area contributed by atoms with Crippen LogP contribution in [0.5, 0.6) is 0 Å². The minimum Gasteiger partial charge on any atom is -0.455 e. The van der Waals surface area contributed by atoms with Crippen molar-refractivity contribution >= 4 is 47.7 Å². The summed E-state index contributed by atoms with van der Waals surface area (Å²) in [6.45, 7) is 12.5. The maximum absolute atomic E-state index is 15.7. The number of hydrogen-bond acceptors (Lipinski definition) is 17. The van der Waals surface area contributed by atoms with Crippen molar-refractivity contribution in [3.63, 3.8) is 0 Å². The van der Waals surface area contributed by atoms with Crippen molar-refractivity contribution in [2.75, 3.05) is 13.2 Å². The van der Waals surface area contributed by atoms with Crippen LogP contribution >= 0.6 is 0 Å². The van der Waals surface area contributed by atoms with Gasteiger partial charge in [-0.15, -0.1) is 0 Å². The molecule has 11 atom stereocenters. The topological polar surface area (TPSA) is 243 Å². The third-order valence-electron chi connectivity index (χ3n) is 14.2. The fourth-order valence-corrected chi connectivity index (χ4v) is 11.1. The van der Waals surface area contributed by atoms with Gasteiger partial charge in [0.25, 0.3) is 0 Å². The number of alkyl carbamates (subject to hydrolysis) is 1. The van der Waals surface area contributed by atoms with Crippen LogP contribution in [0.2, 0.25) is 0 Å². The molecule has 2 aromatic rings. The number of fused-ring (bicyclic) bond motifs is 4. The molecular weight excluding hydrogens is 899 g/mol. The first-order valence-corrected chi connectivity index (χ1v) is 23.2. The van der Waals surface area contributed by atoms with Crippen LogP contribution in [0, 0.1) is 22.7 Å². The zero-order chi connectivity index (χ0) is 50.4. The lowest BCUT2D eigenvalue weighted by molar-refractivity contribution is -0.323. The Balaban J connectivity index is 1.39. The summed E-state index contributed by atoms with van der Waals surface area (Å²) < 4.78 is 47.4. The molecule has 18 heteroatoms. The Morgan fingerprint density at radius 3 is 2.12 bits per heavy atom. The number of carbonyl (C=O) groups is 8. The summed E-state index contributed by atoms with van der Waals surface area (Å²) in [7, 11) is 0. The van der Waals surface area contributed by atoms with Crippen LogP contribution in [-0.4, -0.2) is 113 Å². The summed E-state index contributed by atoms with van der Waals surface area (Å²) in [4.78, 5) is 111. The maximum atomic E-state index is 15.7. The van der Waals surface area contributed by atoms with Crippen molar-refractivity contribution in [1.29, 1.82) is 0 Å². The van der Waals surface area contributed by atoms with Crippen LogP contribution < -0.4 is 5.32 Å². The SMILES string of the molecule is CCCC(=O)OCC(=O)O[C@@H](C(=O)O[C@H]1C[C@@]2(O)[C@@H](OC(=O)c3ccccc3)[C@@H]3[C@]4(OC(C)=O)CO[C@@H]4CC4C[C@@]43C(=O)[C@H](OC(C)=O)C(=C1C)C2(C)C)[C@@H](NC(=O)OC(C)(C)C)c1ccccc1. The Bertz CT molecular complexity index is 2410. The van der Waals surface area contributed by atoms with Crippen LogP contribution in [0.3, 0.4) is 0 Å². The van der Waals surface area contributed by atoms with Gasteiger partial charge in [-0.05, 0) is 81.7 Å². The first kappa shape index (κ1) is 50.7. The Morgan fingerprint density at radius 2 is 1.54 bits per heavy atom. The number of benzene rings is 2. The largest absolute Gasteiger partial charge is 0.455 e. The van der Waals surface area contributed by atoms with Crippen LogP contribution in [-0.2, 0) is 66.7 Å². The van der Waals surface area contributed by atoms with Gasteiger partial charge in [-0.1, -0.05) is 69.3 Å². The lowest BCUT2D eigenvalue weighted by Gasteiger charge is -2.64. The average Bonchev–Trinajstić information content (AvgIpc) is 4.00. The minimum atomic E-state index is -2.35. The van der Waals surface area contributed by atoms with E-state index in [9.17, 15) is 33.9 Å². The molecule has 2 bridgehead atoms. The standard InChI is InChI=1S/C51H61NO17/c1-10-17-35(55)62-25-36(56)66-40(38(30-18-13-11-14-19-30)52-46(60)69-47(5,6)7)45(59)65-33-24-51(61)43(67-44(58)31-20-15-12-16-21-31)41-49(23-32(49)22-34-50(41,26-63-34)68-29(4)54)42(57)39(64-28(3)53)37(27(33)2)48(51,8)9/h11-16,18-21,32-34,38-41,43,61H,10,17,22-26H2,1-9H3,(H,52,60)/t32?,33-,34+,38-,39+,40+,41-,43-,49+,50-,51+/m0/s1. The predicted octanol–water partition coefficient (Wildman–Crippen LogP) is 5.36. The number of ether oxygens (including phenoxy) is 8. The quantitative estimate of drug-likeness (QED) is 0.137. The average molecular weight is 960 g/mol. The van der Waals surface area contributed by atoms with E-state index in [0.29, 0.717) is 6.42 Å². The fraction of sp³-hybridized carbons (Fsp3) is 0.569. The van der Waals surface area contributed by atoms with Crippen LogP contribution in [0.15, 0.2) is 71.8 Å². The Labute approximate surface area is 400 Å². The molecule has 5 aliphatic rings. The zero-order valence-electron chi connectivity index (χ0n) is 40.3. The number of aliphatic hydroxyl groups is 1. The predicted molar refractivity (Wildman–Crippen MR) is 239 cm³/mol. The summed E-state index contributed by atoms with van der Waals surface area (Å²) >= 11 is 0. The summed E-state index contributed by atoms with van der Waals surface area (Å²) in [5.74, 6) is -7.89. The van der Waals surface area contributed by atoms with E-state index in [4.69, 9.17) is 37.9 Å². The van der Waals surface area contributed by atoms with Crippen LogP contribution in [0.1, 0.15) is 116 Å². The van der Waals surface area contributed by atoms with E-state index in [1.807, 2.05) is 0 Å². The lowest BCUT2D eigenvalue weighted by Crippen LogP contribution is -2.78. The number of esters is 6. The highest BCUT2D eigenvalue weighted by Gasteiger charge is 2.84. The van der Waals surface area contributed by atoms with Gasteiger partial charge in [0.1, 0.15) is 35.6 Å². The third-order valence-corrected chi connectivity index (χ3v) is 14.2. The molecule has 4 aliphatic carbocycles. The number of Topliss-reactive ketones (excluding diaryl/α,β-unsaturated/α-hetero) is 1. The van der Waals surface area contributed by atoms with Crippen LogP contribution in [0.25, 0.3) is 0 Å². The molecule has 1 spiro atoms. The van der Waals surface area contributed by atoms with Crippen molar-refractivity contribution in [1.82, 2.24) is 5.32 Å². The van der Waals surface area contributed by atoms with Gasteiger partial charge in [-0.25, -0.2) is 19.2 Å². The monoisotopic (exact) mass is 959 g/mol. The maximum Gasteiger partial charge on any atom is 0.408 e. The number of nitrogens with one attached hydrogen (secondary N) is 1. The van der Waals surface area contributed by atoms with Crippen molar-refractivity contribution in [2.24, 2.45) is 22.7 Å². The van der Waals surface area contributed by atoms with Gasteiger partial charge >= 0.3 is 41.9 Å². The Morgan fingerprint density at radius 1 is 0.884 bits per heavy atom. The number of hydrogen-bond donors (Lipinski definition) is 2. The summed E-state index contributed by atoms with van der Waals surface area (Å²) in [6, 6.07) is 14.5. The number of ketones is 1. The Hall–Kier alpha value is -6.14. The van der Waals surface area contributed by atoms with Crippen molar-refractivity contribution in [3.8, 4) is 0 Å². The second-order valence-electron chi connectivity index (χ2n) is 20.2. The number of carbonyl (C=O) groups excluding carboxylic acids is 8. The van der Waals surface area contributed by atoms with Crippen molar-refractivity contribution in [2.45, 2.75) is 148 Å². The van der Waals surface area contributed by atoms with E-state index in [1.54, 1.807) is 97.0 Å². The van der Waals surface area contributed by atoms with E-state index in [-0.39, 0.29) is 48.1 Å². The van der Waals surface area contributed by atoms with Gasteiger partial charge < -0.3 is 48.3 Å². The molecule has 1 amide bonds. The first-order chi connectivity index (χ1) is 32.4. The van der Waals surface area contributed by atoms with Gasteiger partial charge in [0, 0.05) is 37.5 Å². The van der Waals surface area contributed by atoms with Crippen molar-refractivity contribution < 1.29 is 81.4 Å². The third kappa shape index (κ3) is 9.49. The highest BCUT2D eigenvalue weighted by atomic mass is 16.6. The molecule has 1 saturated heterocycles. The molecule has 0 radical (unpaired) electrons. The highest BCUT2D eigenvalue weighted by molar-refractivity contribution is 5.98. The van der Waals surface area contributed by atoms with Crippen molar-refractivity contribution in [3.05, 3.63) is 82.9 Å². The summed E-state index contributed by atoms with van der Waals surface area (Å²) in [5, 5.41) is 16.5. The van der Waals surface area contributed by atoms with E-state index in [2.05, 4.69) is 5.32 Å². The summed E-state index contributed by atoms with van der Waals surface area (Å²) in [5.41, 5.74) is -7.49. The number of rotatable bonds is 14. The van der Waals surface area contributed by atoms with Gasteiger partial charge in [-0.3, -0.25) is 19.2 Å². The molecule has 1 unspecified atom stereocenters. The second kappa shape index (κ2) is 19.0. The highest BCUT2D eigenvalue weighted by Crippen LogP contribution is 2.74. The second-order valence-corrected chi connectivity index (χ2v) is 20.2. The molecular formula is C51H61NO17. The summed E-state index contributed by atoms with van der Waals surface area (Å²) in [6.07, 6.45) is -8.38. The molecule has 1 heterocycles. The van der Waals surface area contributed by atoms with E-state index >= 15 is 9.59 Å². The molecule has 2 N–H and O–H groups in total. The normalized spacial score (nSPS) is 30.3. The molecule has 2 aromatic carbocycles. The molecule has 1 aliphatic heterocycles. The molecule has 69 heavy (non-hydrogen) atoms. The first-order valence-electron chi connectivity index (χ1n) is 23.2. The number of amides is 1. The van der Waals surface area contributed by atoms with Crippen LogP contribution in [0.4, 0.5) is 4.79 Å². The van der Waals surface area contributed by atoms with E-state index in [1.165, 1.54) is 19.1 Å². The minimum absolute atomic E-state index is 0.00270. The molecule has 7 rings (SSSR count). The van der Waals surface area contributed by atoms with E-state index in [0.717, 1.165) is 6.92 Å². The molecule has 3 saturated carbocycles. The molecule has 18 nitrogen and oxygen atoms in total. The smallest absolute Gasteiger partial charge is 0.408 e. The Kier molecular flexibility index (Phi) is 14.0. The van der Waals surface area contributed by atoms with Gasteiger partial charge in [-0.2, -0.15) is 0 Å². The van der Waals surface area contributed by atoms with Gasteiger partial charge in [0.2, 0.25) is 6.10 Å². The molecule has 0 aromatic heterocycles. The van der Waals surface area contributed by atoms with E-state index < -0.39 is 137 Å².